The minimum atomic E-state index is 0.327. The minimum Gasteiger partial charge on any atom is -0.308 e. The molecule has 0 spiro atoms. The number of nitrogens with one attached hydrogen (secondary N) is 1. The molecule has 3 rings (SSSR count). The summed E-state index contributed by atoms with van der Waals surface area (Å²) in [5.41, 5.74) is 4.26. The van der Waals surface area contributed by atoms with Crippen molar-refractivity contribution in [3.63, 3.8) is 0 Å². The summed E-state index contributed by atoms with van der Waals surface area (Å²) in [7, 11) is 0. The second-order valence-electron chi connectivity index (χ2n) is 5.65. The van der Waals surface area contributed by atoms with E-state index in [1.54, 1.807) is 0 Å². The van der Waals surface area contributed by atoms with E-state index >= 15 is 0 Å². The van der Waals surface area contributed by atoms with E-state index in [4.69, 9.17) is 0 Å². The largest absolute Gasteiger partial charge is 0.308 e. The van der Waals surface area contributed by atoms with Gasteiger partial charge in [-0.25, -0.2) is 0 Å². The van der Waals surface area contributed by atoms with Crippen LogP contribution in [0.3, 0.4) is 0 Å². The molecule has 1 aromatic carbocycles. The molecule has 0 radical (unpaired) electrons. The third kappa shape index (κ3) is 2.67. The Bertz CT molecular complexity index is 620. The van der Waals surface area contributed by atoms with Gasteiger partial charge in [0.15, 0.2) is 0 Å². The molecule has 4 heteroatoms. The fraction of sp³-hybridized carbons (Fsp3) is 0.471. The molecule has 112 valence electrons. The normalized spacial score (nSPS) is 18.1. The van der Waals surface area contributed by atoms with Crippen LogP contribution in [-0.2, 0) is 13.0 Å². The predicted octanol–water partition coefficient (Wildman–Crippen LogP) is 4.05. The summed E-state index contributed by atoms with van der Waals surface area (Å²) in [6, 6.07) is 9.12. The molecule has 1 heterocycles. The van der Waals surface area contributed by atoms with E-state index in [1.165, 1.54) is 16.8 Å². The first-order chi connectivity index (χ1) is 10.3. The van der Waals surface area contributed by atoms with E-state index in [-0.39, 0.29) is 0 Å². The summed E-state index contributed by atoms with van der Waals surface area (Å²) in [6.07, 6.45) is 4.18. The van der Waals surface area contributed by atoms with Crippen molar-refractivity contribution >= 4 is 15.9 Å². The number of aromatic nitrogens is 2. The van der Waals surface area contributed by atoms with E-state index in [0.717, 1.165) is 30.4 Å². The third-order valence-electron chi connectivity index (χ3n) is 4.28. The van der Waals surface area contributed by atoms with Gasteiger partial charge in [-0.1, -0.05) is 38.1 Å². The fourth-order valence-electron chi connectivity index (χ4n) is 3.32. The van der Waals surface area contributed by atoms with Gasteiger partial charge in [0, 0.05) is 12.5 Å². The van der Waals surface area contributed by atoms with Crippen molar-refractivity contribution in [2.45, 2.75) is 45.2 Å². The Hall–Kier alpha value is -1.13. The van der Waals surface area contributed by atoms with Gasteiger partial charge in [0.1, 0.15) is 0 Å². The summed E-state index contributed by atoms with van der Waals surface area (Å²) < 4.78 is 3.27. The zero-order valence-corrected chi connectivity index (χ0v) is 14.2. The first-order valence-electron chi connectivity index (χ1n) is 7.78. The summed E-state index contributed by atoms with van der Waals surface area (Å²) in [4.78, 5) is 0. The Labute approximate surface area is 134 Å². The second-order valence-corrected chi connectivity index (χ2v) is 6.50. The highest BCUT2D eigenvalue weighted by atomic mass is 79.9. The second kappa shape index (κ2) is 6.32. The van der Waals surface area contributed by atoms with Crippen LogP contribution in [0.25, 0.3) is 0 Å². The number of fused-ring (bicyclic) bond motifs is 1. The van der Waals surface area contributed by atoms with Crippen LogP contribution in [0, 0.1) is 0 Å². The molecule has 3 nitrogen and oxygen atoms in total. The molecule has 2 atom stereocenters. The lowest BCUT2D eigenvalue weighted by atomic mass is 9.72. The van der Waals surface area contributed by atoms with E-state index in [1.807, 2.05) is 6.20 Å². The van der Waals surface area contributed by atoms with Crippen LogP contribution in [-0.4, -0.2) is 16.3 Å². The molecule has 1 aliphatic carbocycles. The Morgan fingerprint density at radius 2 is 2.19 bits per heavy atom. The quantitative estimate of drug-likeness (QED) is 0.854. The van der Waals surface area contributed by atoms with Crippen molar-refractivity contribution in [3.05, 3.63) is 51.8 Å². The van der Waals surface area contributed by atoms with Crippen molar-refractivity contribution in [1.82, 2.24) is 15.1 Å². The van der Waals surface area contributed by atoms with Crippen molar-refractivity contribution in [2.24, 2.45) is 0 Å². The van der Waals surface area contributed by atoms with Gasteiger partial charge < -0.3 is 5.32 Å². The van der Waals surface area contributed by atoms with Gasteiger partial charge in [-0.15, -0.1) is 0 Å². The minimum absolute atomic E-state index is 0.327. The van der Waals surface area contributed by atoms with E-state index in [9.17, 15) is 0 Å². The van der Waals surface area contributed by atoms with Gasteiger partial charge in [0.05, 0.1) is 22.4 Å². The van der Waals surface area contributed by atoms with Gasteiger partial charge in [0.2, 0.25) is 0 Å². The van der Waals surface area contributed by atoms with Gasteiger partial charge in [-0.2, -0.15) is 5.10 Å². The molecule has 21 heavy (non-hydrogen) atoms. The molecule has 1 N–H and O–H groups in total. The van der Waals surface area contributed by atoms with Gasteiger partial charge in [0.25, 0.3) is 0 Å². The van der Waals surface area contributed by atoms with Crippen molar-refractivity contribution in [1.29, 1.82) is 0 Å². The molecule has 0 saturated carbocycles. The molecule has 0 fully saturated rings. The van der Waals surface area contributed by atoms with Crippen LogP contribution < -0.4 is 5.32 Å². The predicted molar refractivity (Wildman–Crippen MR) is 89.5 cm³/mol. The highest BCUT2D eigenvalue weighted by molar-refractivity contribution is 9.10. The molecule has 0 aliphatic heterocycles. The zero-order chi connectivity index (χ0) is 14.8. The fourth-order valence-corrected chi connectivity index (χ4v) is 3.86. The Balaban J connectivity index is 1.95. The van der Waals surface area contributed by atoms with Crippen molar-refractivity contribution in [3.8, 4) is 0 Å². The van der Waals surface area contributed by atoms with Gasteiger partial charge in [-0.3, -0.25) is 4.68 Å². The summed E-state index contributed by atoms with van der Waals surface area (Å²) in [6.45, 7) is 6.30. The molecular weight excluding hydrogens is 326 g/mol. The summed E-state index contributed by atoms with van der Waals surface area (Å²) in [5, 5.41) is 8.21. The molecule has 0 amide bonds. The highest BCUT2D eigenvalue weighted by Crippen LogP contribution is 2.44. The number of aryl methyl sites for hydroxylation is 1. The van der Waals surface area contributed by atoms with Crippen LogP contribution in [0.4, 0.5) is 0 Å². The van der Waals surface area contributed by atoms with Gasteiger partial charge >= 0.3 is 0 Å². The zero-order valence-electron chi connectivity index (χ0n) is 12.6. The standard InChI is InChI=1S/C17H22BrN3/c1-3-9-21-17(15(18)11-20-21)16(19-4-2)14-10-12-7-5-6-8-13(12)14/h5-8,11,14,16,19H,3-4,9-10H2,1-2H3. The molecule has 2 aromatic rings. The Morgan fingerprint density at radius 3 is 2.90 bits per heavy atom. The van der Waals surface area contributed by atoms with Crippen molar-refractivity contribution in [2.75, 3.05) is 6.54 Å². The topological polar surface area (TPSA) is 29.9 Å². The maximum atomic E-state index is 4.54. The first-order valence-corrected chi connectivity index (χ1v) is 8.57. The van der Waals surface area contributed by atoms with E-state index in [2.05, 4.69) is 69.1 Å². The first kappa shape index (κ1) is 14.8. The van der Waals surface area contributed by atoms with Gasteiger partial charge in [-0.05, 0) is 46.4 Å². The van der Waals surface area contributed by atoms with Crippen LogP contribution in [0.5, 0.6) is 0 Å². The highest BCUT2D eigenvalue weighted by Gasteiger charge is 2.35. The molecule has 0 saturated heterocycles. The van der Waals surface area contributed by atoms with Crippen molar-refractivity contribution < 1.29 is 0 Å². The molecule has 1 aliphatic rings. The number of benzene rings is 1. The maximum Gasteiger partial charge on any atom is 0.0702 e. The lowest BCUT2D eigenvalue weighted by molar-refractivity contribution is 0.387. The molecule has 1 aromatic heterocycles. The summed E-state index contributed by atoms with van der Waals surface area (Å²) >= 11 is 3.70. The number of rotatable bonds is 6. The monoisotopic (exact) mass is 347 g/mol. The SMILES string of the molecule is CCCn1ncc(Br)c1C(NCC)C1Cc2ccccc21. The smallest absolute Gasteiger partial charge is 0.0702 e. The van der Waals surface area contributed by atoms with E-state index in [0.29, 0.717) is 12.0 Å². The number of nitrogens with zero attached hydrogens (tertiary/aromatic N) is 2. The average Bonchev–Trinajstić information content (AvgIpc) is 2.81. The maximum absolute atomic E-state index is 4.54. The Kier molecular flexibility index (Phi) is 4.45. The average molecular weight is 348 g/mol. The van der Waals surface area contributed by atoms with Crippen LogP contribution in [0.15, 0.2) is 34.9 Å². The Morgan fingerprint density at radius 1 is 1.38 bits per heavy atom. The lowest BCUT2D eigenvalue weighted by Gasteiger charge is -2.37. The molecular formula is C17H22BrN3. The van der Waals surface area contributed by atoms with Crippen LogP contribution in [0.2, 0.25) is 0 Å². The lowest BCUT2D eigenvalue weighted by Crippen LogP contribution is -2.35. The molecule has 2 unspecified atom stereocenters. The molecule has 0 bridgehead atoms. The number of hydrogen-bond acceptors (Lipinski definition) is 2. The van der Waals surface area contributed by atoms with Crippen LogP contribution >= 0.6 is 15.9 Å². The van der Waals surface area contributed by atoms with E-state index < -0.39 is 0 Å². The van der Waals surface area contributed by atoms with Crippen LogP contribution in [0.1, 0.15) is 49.0 Å². The summed E-state index contributed by atoms with van der Waals surface area (Å²) in [5.74, 6) is 0.546. The third-order valence-corrected chi connectivity index (χ3v) is 4.90. The number of likely N-dealkylation sites (N-methyl/N-ethyl adjacent to an activating group) is 1. The number of halogens is 1. The number of hydrogen-bond donors (Lipinski definition) is 1.